The normalized spacial score (nSPS) is 13.2. The van der Waals surface area contributed by atoms with E-state index in [1.807, 2.05) is 13.8 Å². The fourth-order valence-corrected chi connectivity index (χ4v) is 3.41. The van der Waals surface area contributed by atoms with Crippen LogP contribution in [0.3, 0.4) is 0 Å². The van der Waals surface area contributed by atoms with Crippen molar-refractivity contribution in [3.05, 3.63) is 0 Å². The molecule has 0 amide bonds. The van der Waals surface area contributed by atoms with Crippen LogP contribution in [0.15, 0.2) is 0 Å². The van der Waals surface area contributed by atoms with Crippen LogP contribution >= 0.6 is 11.8 Å². The van der Waals surface area contributed by atoms with Crippen LogP contribution in [0.1, 0.15) is 39.5 Å². The average molecular weight is 381 g/mol. The molecule has 1 unspecified atom stereocenters. The van der Waals surface area contributed by atoms with Crippen molar-refractivity contribution < 1.29 is 84.2 Å². The smallest absolute Gasteiger partial charge is 0.748 e. The van der Waals surface area contributed by atoms with Crippen molar-refractivity contribution in [1.82, 2.24) is 0 Å². The first-order chi connectivity index (χ1) is 9.43. The average Bonchev–Trinajstić information content (AvgIpc) is 2.28. The Morgan fingerprint density at radius 1 is 1.23 bits per heavy atom. The minimum absolute atomic E-state index is 0. The summed E-state index contributed by atoms with van der Waals surface area (Å²) in [7, 11) is -4.19. The van der Waals surface area contributed by atoms with Crippen LogP contribution in [-0.4, -0.2) is 51.9 Å². The van der Waals surface area contributed by atoms with E-state index >= 15 is 0 Å². The fourth-order valence-electron chi connectivity index (χ4n) is 1.66. The maximum atomic E-state index is 10.9. The van der Waals surface area contributed by atoms with E-state index in [9.17, 15) is 22.6 Å². The van der Waals surface area contributed by atoms with E-state index in [0.29, 0.717) is 18.6 Å². The Morgan fingerprint density at radius 3 is 2.18 bits per heavy atom. The summed E-state index contributed by atoms with van der Waals surface area (Å²) in [6.07, 6.45) is 1.02. The number of hydrogen-bond donors (Lipinski definition) is 2. The molecule has 124 valence electrons. The molecule has 0 rings (SSSR count). The summed E-state index contributed by atoms with van der Waals surface area (Å²) in [4.78, 5) is 21.5. The SMILES string of the molecule is CC(C)(CCCCS(=O)(=O)[O-])CSC(CC(=O)O)C(=O)O.[K+]. The third-order valence-corrected chi connectivity index (χ3v) is 5.32. The Bertz CT molecular complexity index is 462. The molecular weight excluding hydrogens is 359 g/mol. The number of carboxylic acids is 2. The molecule has 0 fully saturated rings. The summed E-state index contributed by atoms with van der Waals surface area (Å²) in [6.45, 7) is 3.79. The van der Waals surface area contributed by atoms with E-state index in [4.69, 9.17) is 10.2 Å². The van der Waals surface area contributed by atoms with E-state index in [2.05, 4.69) is 0 Å². The zero-order chi connectivity index (χ0) is 16.7. The van der Waals surface area contributed by atoms with Crippen LogP contribution in [0, 0.1) is 5.41 Å². The second kappa shape index (κ2) is 11.4. The molecule has 0 radical (unpaired) electrons. The summed E-state index contributed by atoms with van der Waals surface area (Å²) in [5.74, 6) is -2.27. The molecule has 10 heteroatoms. The molecule has 0 bridgehead atoms. The zero-order valence-electron chi connectivity index (χ0n) is 13.1. The molecule has 2 N–H and O–H groups in total. The molecule has 0 saturated carbocycles. The molecule has 22 heavy (non-hydrogen) atoms. The Labute approximate surface area is 177 Å². The first-order valence-corrected chi connectivity index (χ1v) is 9.05. The van der Waals surface area contributed by atoms with E-state index in [1.165, 1.54) is 0 Å². The van der Waals surface area contributed by atoms with Gasteiger partial charge in [0.15, 0.2) is 0 Å². The van der Waals surface area contributed by atoms with Gasteiger partial charge in [0.2, 0.25) is 0 Å². The van der Waals surface area contributed by atoms with Gasteiger partial charge < -0.3 is 14.8 Å². The van der Waals surface area contributed by atoms with Crippen LogP contribution in [0.4, 0.5) is 0 Å². The molecule has 7 nitrogen and oxygen atoms in total. The number of carboxylic acid groups (broad SMARTS) is 2. The van der Waals surface area contributed by atoms with Gasteiger partial charge in [-0.15, -0.1) is 11.8 Å². The molecule has 0 saturated heterocycles. The number of hydrogen-bond acceptors (Lipinski definition) is 6. The third kappa shape index (κ3) is 14.4. The summed E-state index contributed by atoms with van der Waals surface area (Å²) in [5, 5.41) is 16.6. The summed E-state index contributed by atoms with van der Waals surface area (Å²) >= 11 is 1.07. The molecule has 1 atom stereocenters. The van der Waals surface area contributed by atoms with Crippen molar-refractivity contribution in [3.63, 3.8) is 0 Å². The minimum atomic E-state index is -4.19. The second-order valence-corrected chi connectivity index (χ2v) is 8.33. The predicted molar refractivity (Wildman–Crippen MR) is 78.3 cm³/mol. The first kappa shape index (κ1) is 25.1. The molecular formula is C12H21KO7S2. The molecule has 0 heterocycles. The van der Waals surface area contributed by atoms with Gasteiger partial charge in [-0.1, -0.05) is 20.3 Å². The Balaban J connectivity index is 0. The van der Waals surface area contributed by atoms with Crippen molar-refractivity contribution in [3.8, 4) is 0 Å². The van der Waals surface area contributed by atoms with Crippen molar-refractivity contribution in [2.45, 2.75) is 44.8 Å². The molecule has 0 spiro atoms. The summed E-state index contributed by atoms with van der Waals surface area (Å²) in [5.41, 5.74) is -0.260. The van der Waals surface area contributed by atoms with E-state index < -0.39 is 39.5 Å². The van der Waals surface area contributed by atoms with Gasteiger partial charge in [0.25, 0.3) is 0 Å². The van der Waals surface area contributed by atoms with Gasteiger partial charge >= 0.3 is 63.3 Å². The van der Waals surface area contributed by atoms with Gasteiger partial charge in [-0.05, 0) is 24.0 Å². The quantitative estimate of drug-likeness (QED) is 0.249. The summed E-state index contributed by atoms with van der Waals surface area (Å²) in [6, 6.07) is 0. The van der Waals surface area contributed by atoms with Gasteiger partial charge in [0, 0.05) is 5.75 Å². The maximum Gasteiger partial charge on any atom is 1.00 e. The summed E-state index contributed by atoms with van der Waals surface area (Å²) < 4.78 is 31.4. The number of aliphatic carboxylic acids is 2. The predicted octanol–water partition coefficient (Wildman–Crippen LogP) is -1.61. The Hall–Kier alpha value is 0.836. The van der Waals surface area contributed by atoms with Crippen LogP contribution in [0.5, 0.6) is 0 Å². The molecule has 0 aromatic rings. The third-order valence-electron chi connectivity index (χ3n) is 2.81. The molecule has 0 aromatic carbocycles. The van der Waals surface area contributed by atoms with Crippen LogP contribution in [0.25, 0.3) is 0 Å². The number of thioether (sulfide) groups is 1. The monoisotopic (exact) mass is 380 g/mol. The van der Waals surface area contributed by atoms with Gasteiger partial charge in [-0.25, -0.2) is 8.42 Å². The first-order valence-electron chi connectivity index (χ1n) is 6.43. The van der Waals surface area contributed by atoms with E-state index in [-0.39, 0.29) is 63.2 Å². The minimum Gasteiger partial charge on any atom is -0.748 e. The Kier molecular flexibility index (Phi) is 13.0. The van der Waals surface area contributed by atoms with Gasteiger partial charge in [-0.2, -0.15) is 0 Å². The molecule has 0 aliphatic rings. The molecule has 0 aliphatic heterocycles. The van der Waals surface area contributed by atoms with Crippen molar-refractivity contribution in [2.75, 3.05) is 11.5 Å². The van der Waals surface area contributed by atoms with Crippen molar-refractivity contribution in [2.24, 2.45) is 5.41 Å². The van der Waals surface area contributed by atoms with E-state index in [0.717, 1.165) is 11.8 Å². The van der Waals surface area contributed by atoms with Gasteiger partial charge in [0.05, 0.1) is 16.5 Å². The van der Waals surface area contributed by atoms with Crippen LogP contribution in [0.2, 0.25) is 0 Å². The number of rotatable bonds is 11. The molecule has 0 aromatic heterocycles. The van der Waals surface area contributed by atoms with Crippen molar-refractivity contribution in [1.29, 1.82) is 0 Å². The fraction of sp³-hybridized carbons (Fsp3) is 0.833. The van der Waals surface area contributed by atoms with Crippen molar-refractivity contribution >= 4 is 33.8 Å². The van der Waals surface area contributed by atoms with Gasteiger partial charge in [-0.3, -0.25) is 9.59 Å². The largest absolute Gasteiger partial charge is 1.00 e. The number of unbranched alkanes of at least 4 members (excludes halogenated alkanes) is 1. The Morgan fingerprint density at radius 2 is 1.77 bits per heavy atom. The molecule has 0 aliphatic carbocycles. The van der Waals surface area contributed by atoms with Crippen LogP contribution < -0.4 is 51.4 Å². The topological polar surface area (TPSA) is 132 Å². The number of carbonyl (C=O) groups is 2. The van der Waals surface area contributed by atoms with Crippen LogP contribution in [-0.2, 0) is 19.7 Å². The second-order valence-electron chi connectivity index (χ2n) is 5.62. The zero-order valence-corrected chi connectivity index (χ0v) is 17.8. The van der Waals surface area contributed by atoms with Gasteiger partial charge in [0.1, 0.15) is 5.25 Å². The van der Waals surface area contributed by atoms with E-state index in [1.54, 1.807) is 0 Å². The standard InChI is InChI=1S/C12H22O7S2.K/c1-12(2,5-3-4-6-21(17,18)19)8-20-9(11(15)16)7-10(13)14;/h9H,3-8H2,1-2H3,(H,13,14)(H,15,16)(H,17,18,19);/q;+1/p-1. The maximum absolute atomic E-state index is 10.9.